The Kier molecular flexibility index (Phi) is 5.04. The van der Waals surface area contributed by atoms with Gasteiger partial charge < -0.3 is 9.16 Å². The molecule has 2 atom stereocenters. The van der Waals surface area contributed by atoms with Gasteiger partial charge in [-0.25, -0.2) is 0 Å². The van der Waals surface area contributed by atoms with Gasteiger partial charge in [0.1, 0.15) is 5.72 Å². The molecule has 108 valence electrons. The molecule has 2 unspecified atom stereocenters. The van der Waals surface area contributed by atoms with Gasteiger partial charge in [-0.05, 0) is 53.1 Å². The fraction of sp³-hybridized carbons (Fsp3) is 1.00. The fourth-order valence-electron chi connectivity index (χ4n) is 3.33. The van der Waals surface area contributed by atoms with Crippen LogP contribution in [0.5, 0.6) is 0 Å². The molecule has 18 heavy (non-hydrogen) atoms. The van der Waals surface area contributed by atoms with Crippen molar-refractivity contribution in [1.29, 1.82) is 0 Å². The predicted octanol–water partition coefficient (Wildman–Crippen LogP) is 3.60. The van der Waals surface area contributed by atoms with E-state index in [2.05, 4.69) is 59.2 Å². The van der Waals surface area contributed by atoms with Gasteiger partial charge >= 0.3 is 0 Å². The number of hydrogen-bond donors (Lipinski definition) is 0. The zero-order valence-corrected chi connectivity index (χ0v) is 14.4. The van der Waals surface area contributed by atoms with Crippen LogP contribution in [-0.2, 0) is 9.16 Å². The third kappa shape index (κ3) is 3.79. The Balaban J connectivity index is 2.90. The summed E-state index contributed by atoms with van der Waals surface area (Å²) in [5.74, 6) is 0.631. The highest BCUT2D eigenvalue weighted by Crippen LogP contribution is 2.37. The van der Waals surface area contributed by atoms with E-state index in [-0.39, 0.29) is 11.8 Å². The molecule has 0 amide bonds. The molecule has 0 saturated carbocycles. The van der Waals surface area contributed by atoms with Gasteiger partial charge in [0.25, 0.3) is 8.48 Å². The minimum Gasteiger partial charge on any atom is -0.401 e. The van der Waals surface area contributed by atoms with Crippen molar-refractivity contribution in [3.8, 4) is 0 Å². The molecule has 1 aliphatic rings. The first-order valence-electron chi connectivity index (χ1n) is 7.20. The molecule has 0 aromatic heterocycles. The molecule has 1 rings (SSSR count). The lowest BCUT2D eigenvalue weighted by atomic mass is 10.0. The molecule has 0 bridgehead atoms. The van der Waals surface area contributed by atoms with Crippen molar-refractivity contribution in [3.63, 3.8) is 0 Å². The topological polar surface area (TPSA) is 21.7 Å². The van der Waals surface area contributed by atoms with Crippen molar-refractivity contribution in [3.05, 3.63) is 0 Å². The first-order chi connectivity index (χ1) is 8.07. The van der Waals surface area contributed by atoms with E-state index < -0.39 is 8.48 Å². The standard InChI is InChI=1S/C14H31NO2Si/c1-11(2)9-14(6)15(10-13(5)16-14)18(7,8)17-12(3)4/h11-13H,9-10H2,1-8H3. The minimum atomic E-state index is -1.87. The predicted molar refractivity (Wildman–Crippen MR) is 78.8 cm³/mol. The monoisotopic (exact) mass is 273 g/mol. The maximum Gasteiger partial charge on any atom is 0.267 e. The van der Waals surface area contributed by atoms with Crippen molar-refractivity contribution < 1.29 is 9.16 Å². The van der Waals surface area contributed by atoms with E-state index in [9.17, 15) is 0 Å². The van der Waals surface area contributed by atoms with E-state index in [0.717, 1.165) is 13.0 Å². The summed E-state index contributed by atoms with van der Waals surface area (Å²) in [6.45, 7) is 18.7. The fourth-order valence-corrected chi connectivity index (χ4v) is 6.59. The summed E-state index contributed by atoms with van der Waals surface area (Å²) in [7, 11) is -1.87. The third-order valence-electron chi connectivity index (χ3n) is 3.43. The molecule has 0 spiro atoms. The van der Waals surface area contributed by atoms with Crippen LogP contribution >= 0.6 is 0 Å². The average molecular weight is 273 g/mol. The molecular formula is C14H31NO2Si. The molecule has 0 N–H and O–H groups in total. The lowest BCUT2D eigenvalue weighted by molar-refractivity contribution is -0.0818. The molecule has 1 heterocycles. The van der Waals surface area contributed by atoms with E-state index in [1.54, 1.807) is 0 Å². The van der Waals surface area contributed by atoms with E-state index in [4.69, 9.17) is 9.16 Å². The highest BCUT2D eigenvalue weighted by Gasteiger charge is 2.50. The van der Waals surface area contributed by atoms with Crippen molar-refractivity contribution in [2.45, 2.75) is 79.0 Å². The van der Waals surface area contributed by atoms with Crippen LogP contribution < -0.4 is 0 Å². The van der Waals surface area contributed by atoms with Crippen molar-refractivity contribution >= 4 is 8.48 Å². The van der Waals surface area contributed by atoms with Gasteiger partial charge in [0.05, 0.1) is 6.10 Å². The Morgan fingerprint density at radius 1 is 1.33 bits per heavy atom. The zero-order chi connectivity index (χ0) is 14.1. The normalized spacial score (nSPS) is 30.7. The quantitative estimate of drug-likeness (QED) is 0.715. The van der Waals surface area contributed by atoms with Gasteiger partial charge in [-0.2, -0.15) is 0 Å². The molecule has 0 aromatic carbocycles. The van der Waals surface area contributed by atoms with Gasteiger partial charge in [-0.15, -0.1) is 0 Å². The maximum atomic E-state index is 6.23. The molecule has 1 fully saturated rings. The summed E-state index contributed by atoms with van der Waals surface area (Å²) in [5.41, 5.74) is -0.155. The molecule has 4 heteroatoms. The Morgan fingerprint density at radius 2 is 1.89 bits per heavy atom. The van der Waals surface area contributed by atoms with E-state index in [1.807, 2.05) is 0 Å². The van der Waals surface area contributed by atoms with Crippen molar-refractivity contribution in [2.24, 2.45) is 5.92 Å². The van der Waals surface area contributed by atoms with Gasteiger partial charge in [0.2, 0.25) is 0 Å². The molecular weight excluding hydrogens is 242 g/mol. The summed E-state index contributed by atoms with van der Waals surface area (Å²) in [6, 6.07) is 0. The molecule has 0 aliphatic carbocycles. The molecule has 0 aromatic rings. The van der Waals surface area contributed by atoms with Crippen LogP contribution in [-0.4, -0.2) is 37.5 Å². The summed E-state index contributed by atoms with van der Waals surface area (Å²) in [5, 5.41) is 0. The van der Waals surface area contributed by atoms with Crippen molar-refractivity contribution in [1.82, 2.24) is 4.57 Å². The van der Waals surface area contributed by atoms with Gasteiger partial charge in [-0.3, -0.25) is 4.57 Å². The Morgan fingerprint density at radius 3 is 2.33 bits per heavy atom. The molecule has 1 aliphatic heterocycles. The van der Waals surface area contributed by atoms with Gasteiger partial charge in [0, 0.05) is 12.6 Å². The Hall–Kier alpha value is 0.0969. The highest BCUT2D eigenvalue weighted by atomic mass is 28.4. The number of nitrogens with zero attached hydrogens (tertiary/aromatic N) is 1. The summed E-state index contributed by atoms with van der Waals surface area (Å²) < 4.78 is 15.0. The smallest absolute Gasteiger partial charge is 0.267 e. The molecule has 3 nitrogen and oxygen atoms in total. The highest BCUT2D eigenvalue weighted by molar-refractivity contribution is 6.68. The van der Waals surface area contributed by atoms with Crippen LogP contribution in [0.3, 0.4) is 0 Å². The lowest BCUT2D eigenvalue weighted by Gasteiger charge is -2.44. The third-order valence-corrected chi connectivity index (χ3v) is 6.43. The Bertz CT molecular complexity index is 281. The largest absolute Gasteiger partial charge is 0.401 e. The van der Waals surface area contributed by atoms with Crippen molar-refractivity contribution in [2.75, 3.05) is 6.54 Å². The second-order valence-electron chi connectivity index (χ2n) is 6.93. The van der Waals surface area contributed by atoms with Gasteiger partial charge in [-0.1, -0.05) is 13.8 Å². The molecule has 1 saturated heterocycles. The average Bonchev–Trinajstić information content (AvgIpc) is 2.37. The van der Waals surface area contributed by atoms with E-state index in [1.165, 1.54) is 0 Å². The van der Waals surface area contributed by atoms with Crippen LogP contribution in [0.15, 0.2) is 0 Å². The first kappa shape index (κ1) is 16.2. The zero-order valence-electron chi connectivity index (χ0n) is 13.4. The minimum absolute atomic E-state index is 0.155. The van der Waals surface area contributed by atoms with Crippen LogP contribution in [0.2, 0.25) is 13.1 Å². The summed E-state index contributed by atoms with van der Waals surface area (Å²) in [4.78, 5) is 0. The second-order valence-corrected chi connectivity index (χ2v) is 10.6. The first-order valence-corrected chi connectivity index (χ1v) is 10.1. The van der Waals surface area contributed by atoms with Crippen LogP contribution in [0, 0.1) is 5.92 Å². The summed E-state index contributed by atoms with van der Waals surface area (Å²) in [6.07, 6.45) is 1.65. The number of ether oxygens (including phenoxy) is 1. The maximum absolute atomic E-state index is 6.23. The van der Waals surface area contributed by atoms with Crippen LogP contribution in [0.4, 0.5) is 0 Å². The second kappa shape index (κ2) is 5.61. The molecule has 0 radical (unpaired) electrons. The Labute approximate surface area is 114 Å². The van der Waals surface area contributed by atoms with Crippen LogP contribution in [0.1, 0.15) is 48.0 Å². The number of rotatable bonds is 5. The summed E-state index contributed by atoms with van der Waals surface area (Å²) >= 11 is 0. The number of hydrogen-bond acceptors (Lipinski definition) is 3. The van der Waals surface area contributed by atoms with Gasteiger partial charge in [0.15, 0.2) is 0 Å². The lowest BCUT2D eigenvalue weighted by Crippen LogP contribution is -2.60. The van der Waals surface area contributed by atoms with E-state index in [0.29, 0.717) is 12.0 Å². The SMILES string of the molecule is CC(C)CC1(C)OC(C)CN1[Si](C)(C)OC(C)C. The van der Waals surface area contributed by atoms with Crippen LogP contribution in [0.25, 0.3) is 0 Å². The van der Waals surface area contributed by atoms with E-state index >= 15 is 0 Å².